The van der Waals surface area contributed by atoms with Gasteiger partial charge in [-0.25, -0.2) is 14.6 Å². The number of hydrogen-bond donors (Lipinski definition) is 0. The van der Waals surface area contributed by atoms with Crippen molar-refractivity contribution < 1.29 is 14.4 Å². The summed E-state index contributed by atoms with van der Waals surface area (Å²) in [6.07, 6.45) is 6.16. The average Bonchev–Trinajstić information content (AvgIpc) is 2.98. The Labute approximate surface area is 231 Å². The predicted octanol–water partition coefficient (Wildman–Crippen LogP) is 4.00. The molecule has 0 saturated carbocycles. The third-order valence-electron chi connectivity index (χ3n) is 6.56. The van der Waals surface area contributed by atoms with Crippen LogP contribution in [0.3, 0.4) is 0 Å². The van der Waals surface area contributed by atoms with Crippen molar-refractivity contribution in [2.24, 2.45) is 0 Å². The summed E-state index contributed by atoms with van der Waals surface area (Å²) in [5.41, 5.74) is 3.33. The highest BCUT2D eigenvalue weighted by Crippen LogP contribution is 2.22. The molecule has 3 heterocycles. The van der Waals surface area contributed by atoms with Crippen molar-refractivity contribution >= 4 is 5.97 Å². The molecule has 5 rings (SSSR count). The number of piperidine rings is 1. The van der Waals surface area contributed by atoms with Gasteiger partial charge in [0.2, 0.25) is 0 Å². The van der Waals surface area contributed by atoms with Crippen LogP contribution in [0.15, 0.2) is 77.9 Å². The van der Waals surface area contributed by atoms with Gasteiger partial charge >= 0.3 is 5.97 Å². The zero-order chi connectivity index (χ0) is 27.9. The molecule has 1 aliphatic rings. The normalized spacial score (nSPS) is 15.2. The van der Waals surface area contributed by atoms with E-state index in [1.807, 2.05) is 30.3 Å². The molecule has 4 aromatic rings. The van der Waals surface area contributed by atoms with Crippen molar-refractivity contribution in [1.29, 1.82) is 5.26 Å². The number of carbonyl (C=O) groups is 1. The van der Waals surface area contributed by atoms with E-state index in [0.29, 0.717) is 36.0 Å². The molecule has 0 spiro atoms. The van der Waals surface area contributed by atoms with Crippen LogP contribution < -0.4 is 10.3 Å². The Morgan fingerprint density at radius 1 is 1.05 bits per heavy atom. The maximum atomic E-state index is 12.6. The van der Waals surface area contributed by atoms with E-state index < -0.39 is 0 Å². The van der Waals surface area contributed by atoms with Crippen LogP contribution in [-0.2, 0) is 16.2 Å². The molecule has 0 bridgehead atoms. The lowest BCUT2D eigenvalue weighted by atomic mass is 10.1. The number of nitriles is 1. The van der Waals surface area contributed by atoms with E-state index in [4.69, 9.17) is 9.57 Å². The fourth-order valence-electron chi connectivity index (χ4n) is 4.60. The summed E-state index contributed by atoms with van der Waals surface area (Å²) in [7, 11) is 0. The van der Waals surface area contributed by atoms with Crippen molar-refractivity contribution in [1.82, 2.24) is 24.8 Å². The van der Waals surface area contributed by atoms with Gasteiger partial charge in [-0.1, -0.05) is 36.8 Å². The van der Waals surface area contributed by atoms with Gasteiger partial charge in [0.1, 0.15) is 6.61 Å². The standard InChI is InChI=1S/C30H28N6O4/c1-21(37)40-36-13-3-2-10-26(36)20-39-27-17-32-30(33-18-27)25-9-5-7-23(15-25)19-35-29(38)12-11-28(34-35)24-8-4-6-22(14-24)16-31/h4-9,11-12,14-15,17-18,26H,2-3,10,13,19-20H2,1H3. The van der Waals surface area contributed by atoms with E-state index in [1.165, 1.54) is 17.7 Å². The predicted molar refractivity (Wildman–Crippen MR) is 147 cm³/mol. The van der Waals surface area contributed by atoms with Gasteiger partial charge in [-0.3, -0.25) is 9.59 Å². The Morgan fingerprint density at radius 3 is 2.65 bits per heavy atom. The van der Waals surface area contributed by atoms with Crippen LogP contribution in [0.4, 0.5) is 0 Å². The van der Waals surface area contributed by atoms with Crippen molar-refractivity contribution in [3.05, 3.63) is 94.5 Å². The molecular formula is C30H28N6O4. The zero-order valence-corrected chi connectivity index (χ0v) is 22.1. The Bertz CT molecular complexity index is 1600. The topological polar surface area (TPSA) is 123 Å². The largest absolute Gasteiger partial charge is 0.489 e. The lowest BCUT2D eigenvalue weighted by Crippen LogP contribution is -2.43. The van der Waals surface area contributed by atoms with Gasteiger partial charge in [-0.15, -0.1) is 5.06 Å². The Balaban J connectivity index is 1.27. The first-order valence-electron chi connectivity index (χ1n) is 13.1. The maximum Gasteiger partial charge on any atom is 0.322 e. The number of hydrogen-bond acceptors (Lipinski definition) is 9. The molecule has 2 aromatic carbocycles. The van der Waals surface area contributed by atoms with Crippen LogP contribution in [0.25, 0.3) is 22.6 Å². The van der Waals surface area contributed by atoms with Gasteiger partial charge in [0, 0.05) is 30.7 Å². The molecule has 0 amide bonds. The maximum absolute atomic E-state index is 12.6. The second-order valence-corrected chi connectivity index (χ2v) is 9.53. The highest BCUT2D eigenvalue weighted by Gasteiger charge is 2.25. The number of carbonyl (C=O) groups excluding carboxylic acids is 1. The Kier molecular flexibility index (Phi) is 8.23. The summed E-state index contributed by atoms with van der Waals surface area (Å²) in [5, 5.41) is 15.4. The van der Waals surface area contributed by atoms with E-state index in [9.17, 15) is 14.9 Å². The first-order valence-corrected chi connectivity index (χ1v) is 13.1. The molecule has 1 fully saturated rings. The van der Waals surface area contributed by atoms with E-state index in [1.54, 1.807) is 41.7 Å². The number of hydroxylamine groups is 2. The molecule has 0 radical (unpaired) electrons. The molecule has 1 atom stereocenters. The molecule has 2 aromatic heterocycles. The lowest BCUT2D eigenvalue weighted by Gasteiger charge is -2.33. The van der Waals surface area contributed by atoms with Crippen LogP contribution in [0.1, 0.15) is 37.3 Å². The lowest BCUT2D eigenvalue weighted by molar-refractivity contribution is -0.208. The summed E-state index contributed by atoms with van der Waals surface area (Å²) in [6.45, 7) is 2.73. The van der Waals surface area contributed by atoms with Gasteiger partial charge in [0.25, 0.3) is 5.56 Å². The highest BCUT2D eigenvalue weighted by atomic mass is 16.7. The van der Waals surface area contributed by atoms with E-state index in [-0.39, 0.29) is 24.1 Å². The van der Waals surface area contributed by atoms with Crippen molar-refractivity contribution in [2.75, 3.05) is 13.2 Å². The molecule has 10 nitrogen and oxygen atoms in total. The molecule has 0 aliphatic carbocycles. The van der Waals surface area contributed by atoms with Crippen LogP contribution in [0.5, 0.6) is 5.75 Å². The smallest absolute Gasteiger partial charge is 0.322 e. The molecule has 1 unspecified atom stereocenters. The van der Waals surface area contributed by atoms with Gasteiger partial charge in [-0.2, -0.15) is 10.4 Å². The average molecular weight is 537 g/mol. The minimum absolute atomic E-state index is 0.0141. The Hall–Kier alpha value is -4.88. The Morgan fingerprint density at radius 2 is 1.85 bits per heavy atom. The minimum Gasteiger partial charge on any atom is -0.489 e. The van der Waals surface area contributed by atoms with Gasteiger partial charge in [0.05, 0.1) is 42.3 Å². The molecular weight excluding hydrogens is 508 g/mol. The van der Waals surface area contributed by atoms with Crippen molar-refractivity contribution in [2.45, 2.75) is 38.8 Å². The fourth-order valence-corrected chi connectivity index (χ4v) is 4.60. The number of rotatable bonds is 8. The summed E-state index contributed by atoms with van der Waals surface area (Å²) >= 11 is 0. The number of aromatic nitrogens is 4. The summed E-state index contributed by atoms with van der Waals surface area (Å²) in [4.78, 5) is 38.2. The van der Waals surface area contributed by atoms with Crippen molar-refractivity contribution in [3.8, 4) is 34.5 Å². The molecule has 202 valence electrons. The van der Waals surface area contributed by atoms with Crippen LogP contribution in [-0.4, -0.2) is 50.0 Å². The van der Waals surface area contributed by atoms with Crippen molar-refractivity contribution in [3.63, 3.8) is 0 Å². The fraction of sp³-hybridized carbons (Fsp3) is 0.267. The molecule has 0 N–H and O–H groups in total. The molecule has 10 heteroatoms. The second kappa shape index (κ2) is 12.3. The first-order chi connectivity index (χ1) is 19.5. The SMILES string of the molecule is CC(=O)ON1CCCCC1COc1cnc(-c2cccc(Cn3nc(-c4cccc(C#N)c4)ccc3=O)c2)nc1. The molecule has 40 heavy (non-hydrogen) atoms. The first kappa shape index (κ1) is 26.7. The highest BCUT2D eigenvalue weighted by molar-refractivity contribution is 5.65. The van der Waals surface area contributed by atoms with E-state index in [0.717, 1.165) is 36.0 Å². The van der Waals surface area contributed by atoms with Crippen LogP contribution >= 0.6 is 0 Å². The third kappa shape index (κ3) is 6.57. The van der Waals surface area contributed by atoms with Crippen LogP contribution in [0.2, 0.25) is 0 Å². The monoisotopic (exact) mass is 536 g/mol. The quantitative estimate of drug-likeness (QED) is 0.329. The number of nitrogens with zero attached hydrogens (tertiary/aromatic N) is 6. The van der Waals surface area contributed by atoms with E-state index in [2.05, 4.69) is 21.1 Å². The number of benzene rings is 2. The zero-order valence-electron chi connectivity index (χ0n) is 22.1. The molecule has 1 aliphatic heterocycles. The van der Waals surface area contributed by atoms with Gasteiger partial charge < -0.3 is 9.57 Å². The van der Waals surface area contributed by atoms with E-state index >= 15 is 0 Å². The summed E-state index contributed by atoms with van der Waals surface area (Å²) < 4.78 is 7.30. The third-order valence-corrected chi connectivity index (χ3v) is 6.56. The van der Waals surface area contributed by atoms with Gasteiger partial charge in [-0.05, 0) is 42.7 Å². The summed E-state index contributed by atoms with van der Waals surface area (Å²) in [5.74, 6) is 0.720. The second-order valence-electron chi connectivity index (χ2n) is 9.53. The summed E-state index contributed by atoms with van der Waals surface area (Å²) in [6, 6.07) is 20.0. The number of ether oxygens (including phenoxy) is 1. The van der Waals surface area contributed by atoms with Gasteiger partial charge in [0.15, 0.2) is 11.6 Å². The molecule has 1 saturated heterocycles. The minimum atomic E-state index is -0.333. The van der Waals surface area contributed by atoms with Crippen LogP contribution in [0, 0.1) is 11.3 Å².